The standard InChI is InChI=1S/C17H20N2O2S.C17H15NO3.Na.H/c1-3-20-15-9-5-13(6-10-15)18-17(22)19-14-7-11-16(12-8-14)21-4-2;1-20-16-9-13-14(18-8-7-15(13)19)10-17(16)21-11-12-5-3-2-4-6-12;;/h5-12H,3-4H2,1-2H3,(H2,18,19,22);2-10H,11H2,1H3,(H,18,19);;/q;;+1;-1. The summed E-state index contributed by atoms with van der Waals surface area (Å²) >= 11 is 5.30. The molecule has 0 bridgehead atoms. The maximum absolute atomic E-state index is 11.8. The predicted octanol–water partition coefficient (Wildman–Crippen LogP) is 4.53. The molecule has 0 saturated heterocycles. The van der Waals surface area contributed by atoms with E-state index in [9.17, 15) is 4.79 Å². The number of anilines is 2. The fraction of sp³-hybridized carbons (Fsp3) is 0.176. The molecule has 0 unspecified atom stereocenters. The number of rotatable bonds is 10. The first kappa shape index (κ1) is 34.5. The fourth-order valence-electron chi connectivity index (χ4n) is 4.08. The van der Waals surface area contributed by atoms with E-state index in [0.29, 0.717) is 41.8 Å². The molecule has 10 heteroatoms. The average Bonchev–Trinajstić information content (AvgIpc) is 3.03. The molecule has 1 heterocycles. The number of hydrogen-bond acceptors (Lipinski definition) is 6. The first-order valence-corrected chi connectivity index (χ1v) is 14.3. The van der Waals surface area contributed by atoms with Gasteiger partial charge in [-0.2, -0.15) is 0 Å². The van der Waals surface area contributed by atoms with Crippen LogP contribution in [-0.4, -0.2) is 30.4 Å². The Labute approximate surface area is 286 Å². The third kappa shape index (κ3) is 10.3. The van der Waals surface area contributed by atoms with Gasteiger partial charge in [-0.05, 0) is 86.2 Å². The molecule has 4 aromatic carbocycles. The van der Waals surface area contributed by atoms with E-state index in [2.05, 4.69) is 15.6 Å². The monoisotopic (exact) mass is 621 g/mol. The van der Waals surface area contributed by atoms with Crippen LogP contribution in [0, 0.1) is 0 Å². The molecule has 44 heavy (non-hydrogen) atoms. The first-order chi connectivity index (χ1) is 21.0. The van der Waals surface area contributed by atoms with Gasteiger partial charge in [0, 0.05) is 35.1 Å². The number of H-pyrrole nitrogens is 1. The van der Waals surface area contributed by atoms with Crippen LogP contribution in [0.25, 0.3) is 10.9 Å². The van der Waals surface area contributed by atoms with Gasteiger partial charge in [0.15, 0.2) is 22.0 Å². The molecule has 0 amide bonds. The van der Waals surface area contributed by atoms with Gasteiger partial charge in [-0.1, -0.05) is 30.3 Å². The van der Waals surface area contributed by atoms with E-state index in [1.54, 1.807) is 25.4 Å². The van der Waals surface area contributed by atoms with Crippen molar-refractivity contribution in [2.45, 2.75) is 20.5 Å². The number of benzene rings is 4. The maximum Gasteiger partial charge on any atom is 1.00 e. The predicted molar refractivity (Wildman–Crippen MR) is 178 cm³/mol. The van der Waals surface area contributed by atoms with Crippen molar-refractivity contribution in [3.05, 3.63) is 119 Å². The third-order valence-electron chi connectivity index (χ3n) is 6.13. The van der Waals surface area contributed by atoms with Crippen LogP contribution in [0.1, 0.15) is 20.8 Å². The zero-order valence-electron chi connectivity index (χ0n) is 26.4. The van der Waals surface area contributed by atoms with Crippen molar-refractivity contribution in [1.29, 1.82) is 0 Å². The zero-order valence-corrected chi connectivity index (χ0v) is 28.2. The van der Waals surface area contributed by atoms with Crippen molar-refractivity contribution < 1.29 is 49.9 Å². The van der Waals surface area contributed by atoms with Gasteiger partial charge < -0.3 is 36.0 Å². The van der Waals surface area contributed by atoms with Gasteiger partial charge in [0.1, 0.15) is 18.1 Å². The van der Waals surface area contributed by atoms with E-state index in [1.165, 1.54) is 6.07 Å². The number of fused-ring (bicyclic) bond motifs is 1. The van der Waals surface area contributed by atoms with Crippen molar-refractivity contribution >= 4 is 39.6 Å². The Hall–Kier alpha value is -4.02. The summed E-state index contributed by atoms with van der Waals surface area (Å²) < 4.78 is 21.9. The molecule has 8 nitrogen and oxygen atoms in total. The van der Waals surface area contributed by atoms with Crippen molar-refractivity contribution in [2.24, 2.45) is 0 Å². The Morgan fingerprint density at radius 1 is 0.773 bits per heavy atom. The Bertz CT molecular complexity index is 1620. The van der Waals surface area contributed by atoms with E-state index in [-0.39, 0.29) is 36.4 Å². The second-order valence-electron chi connectivity index (χ2n) is 9.16. The summed E-state index contributed by atoms with van der Waals surface area (Å²) in [5.74, 6) is 2.85. The normalized spacial score (nSPS) is 9.98. The number of thiocarbonyl (C=S) groups is 1. The van der Waals surface area contributed by atoms with Crippen molar-refractivity contribution in [3.8, 4) is 23.0 Å². The molecule has 5 rings (SSSR count). The number of hydrogen-bond donors (Lipinski definition) is 3. The minimum Gasteiger partial charge on any atom is -1.00 e. The molecule has 1 aromatic heterocycles. The smallest absolute Gasteiger partial charge is 1.00 e. The maximum atomic E-state index is 11.8. The molecule has 0 radical (unpaired) electrons. The molecule has 0 aliphatic heterocycles. The van der Waals surface area contributed by atoms with Gasteiger partial charge in [-0.3, -0.25) is 4.79 Å². The second-order valence-corrected chi connectivity index (χ2v) is 9.57. The van der Waals surface area contributed by atoms with Crippen molar-refractivity contribution in [1.82, 2.24) is 4.98 Å². The summed E-state index contributed by atoms with van der Waals surface area (Å²) in [6.07, 6.45) is 1.62. The quantitative estimate of drug-likeness (QED) is 0.155. The molecule has 0 saturated carbocycles. The van der Waals surface area contributed by atoms with Crippen LogP contribution in [-0.2, 0) is 6.61 Å². The number of nitrogens with one attached hydrogen (secondary N) is 3. The number of pyridine rings is 1. The topological polar surface area (TPSA) is 93.8 Å². The molecule has 224 valence electrons. The Kier molecular flexibility index (Phi) is 14.1. The van der Waals surface area contributed by atoms with Crippen molar-refractivity contribution in [2.75, 3.05) is 31.0 Å². The van der Waals surface area contributed by atoms with Gasteiger partial charge in [0.2, 0.25) is 0 Å². The summed E-state index contributed by atoms with van der Waals surface area (Å²) in [6, 6.07) is 30.2. The molecule has 5 aromatic rings. The molecule has 0 aliphatic carbocycles. The van der Waals surface area contributed by atoms with Crippen LogP contribution in [0.3, 0.4) is 0 Å². The Morgan fingerprint density at radius 2 is 1.34 bits per heavy atom. The summed E-state index contributed by atoms with van der Waals surface area (Å²) in [5.41, 5.74) is 3.57. The van der Waals surface area contributed by atoms with Crippen LogP contribution in [0.5, 0.6) is 23.0 Å². The largest absolute Gasteiger partial charge is 1.00 e. The fourth-order valence-corrected chi connectivity index (χ4v) is 4.32. The van der Waals surface area contributed by atoms with E-state index < -0.39 is 0 Å². The van der Waals surface area contributed by atoms with E-state index in [0.717, 1.165) is 34.0 Å². The number of aromatic nitrogens is 1. The minimum atomic E-state index is -0.0448. The van der Waals surface area contributed by atoms with Crippen LogP contribution >= 0.6 is 12.2 Å². The van der Waals surface area contributed by atoms with Crippen molar-refractivity contribution in [3.63, 3.8) is 0 Å². The van der Waals surface area contributed by atoms with Crippen LogP contribution < -0.4 is 64.6 Å². The number of ether oxygens (including phenoxy) is 4. The van der Waals surface area contributed by atoms with Crippen LogP contribution in [0.15, 0.2) is 108 Å². The number of aromatic amines is 1. The molecule has 3 N–H and O–H groups in total. The molecule has 0 atom stereocenters. The SMILES string of the molecule is CCOc1ccc(NC(=S)Nc2ccc(OCC)cc2)cc1.COc1cc2c(=O)cc[nH]c2cc1OCc1ccccc1.[H-].[Na+]. The second kappa shape index (κ2) is 17.9. The number of methoxy groups -OCH3 is 1. The van der Waals surface area contributed by atoms with Gasteiger partial charge >= 0.3 is 29.6 Å². The van der Waals surface area contributed by atoms with Gasteiger partial charge in [0.05, 0.1) is 25.8 Å². The first-order valence-electron chi connectivity index (χ1n) is 13.9. The van der Waals surface area contributed by atoms with E-state index >= 15 is 0 Å². The average molecular weight is 622 g/mol. The molecular formula is C34H36N3NaO5S. The minimum absolute atomic E-state index is 0. The van der Waals surface area contributed by atoms with E-state index in [4.69, 9.17) is 31.2 Å². The summed E-state index contributed by atoms with van der Waals surface area (Å²) in [7, 11) is 1.56. The Balaban J connectivity index is 0.000000300. The third-order valence-corrected chi connectivity index (χ3v) is 6.33. The van der Waals surface area contributed by atoms with Crippen LogP contribution in [0.2, 0.25) is 0 Å². The molecule has 0 spiro atoms. The van der Waals surface area contributed by atoms with E-state index in [1.807, 2.05) is 92.7 Å². The summed E-state index contributed by atoms with van der Waals surface area (Å²) in [6.45, 7) is 5.68. The zero-order chi connectivity index (χ0) is 30.4. The van der Waals surface area contributed by atoms with Gasteiger partial charge in [0.25, 0.3) is 0 Å². The molecule has 0 aliphatic rings. The summed E-state index contributed by atoms with van der Waals surface area (Å²) in [5, 5.41) is 7.39. The van der Waals surface area contributed by atoms with Crippen LogP contribution in [0.4, 0.5) is 11.4 Å². The molecular weight excluding hydrogens is 585 g/mol. The van der Waals surface area contributed by atoms with Gasteiger partial charge in [-0.25, -0.2) is 0 Å². The molecule has 0 fully saturated rings. The Morgan fingerprint density at radius 3 is 1.86 bits per heavy atom. The van der Waals surface area contributed by atoms with Gasteiger partial charge in [-0.15, -0.1) is 0 Å². The summed E-state index contributed by atoms with van der Waals surface area (Å²) in [4.78, 5) is 14.9.